The number of aliphatic carboxylic acids is 1. The quantitative estimate of drug-likeness (QED) is 0.930. The molecule has 1 unspecified atom stereocenters. The van der Waals surface area contributed by atoms with E-state index in [1.54, 1.807) is 0 Å². The Morgan fingerprint density at radius 2 is 2.24 bits per heavy atom. The van der Waals surface area contributed by atoms with Crippen molar-refractivity contribution in [1.29, 1.82) is 0 Å². The minimum absolute atomic E-state index is 0.184. The van der Waals surface area contributed by atoms with Crippen LogP contribution in [-0.2, 0) is 11.3 Å². The van der Waals surface area contributed by atoms with Gasteiger partial charge in [0.15, 0.2) is 5.82 Å². The summed E-state index contributed by atoms with van der Waals surface area (Å²) in [6.07, 6.45) is 0. The molecular formula is C15H17N3O3. The summed E-state index contributed by atoms with van der Waals surface area (Å²) in [4.78, 5) is 17.7. The molecule has 21 heavy (non-hydrogen) atoms. The van der Waals surface area contributed by atoms with Crippen LogP contribution in [0.2, 0.25) is 0 Å². The second-order valence-corrected chi connectivity index (χ2v) is 5.53. The third kappa shape index (κ3) is 2.49. The molecule has 1 N–H and O–H groups in total. The number of anilines is 1. The van der Waals surface area contributed by atoms with E-state index in [2.05, 4.69) is 10.1 Å². The van der Waals surface area contributed by atoms with Crippen molar-refractivity contribution >= 4 is 11.7 Å². The second-order valence-electron chi connectivity index (χ2n) is 5.53. The van der Waals surface area contributed by atoms with E-state index in [1.165, 1.54) is 0 Å². The summed E-state index contributed by atoms with van der Waals surface area (Å²) >= 11 is 0. The van der Waals surface area contributed by atoms with Crippen LogP contribution in [0.1, 0.15) is 43.0 Å². The van der Waals surface area contributed by atoms with Gasteiger partial charge in [-0.2, -0.15) is 4.98 Å². The molecule has 6 nitrogen and oxygen atoms in total. The highest BCUT2D eigenvalue weighted by molar-refractivity contribution is 5.82. The number of hydrogen-bond acceptors (Lipinski definition) is 5. The van der Waals surface area contributed by atoms with Crippen LogP contribution in [0.5, 0.6) is 0 Å². The van der Waals surface area contributed by atoms with Crippen LogP contribution in [0.3, 0.4) is 0 Å². The lowest BCUT2D eigenvalue weighted by Gasteiger charge is -2.17. The molecule has 0 bridgehead atoms. The summed E-state index contributed by atoms with van der Waals surface area (Å²) < 4.78 is 5.19. The van der Waals surface area contributed by atoms with Crippen molar-refractivity contribution < 1.29 is 14.4 Å². The van der Waals surface area contributed by atoms with Gasteiger partial charge in [0.05, 0.1) is 6.54 Å². The fourth-order valence-corrected chi connectivity index (χ4v) is 2.59. The minimum atomic E-state index is -0.805. The summed E-state index contributed by atoms with van der Waals surface area (Å²) in [7, 11) is 0. The first kappa shape index (κ1) is 13.6. The molecule has 1 aliphatic rings. The van der Waals surface area contributed by atoms with Gasteiger partial charge in [0.2, 0.25) is 5.89 Å². The van der Waals surface area contributed by atoms with Crippen LogP contribution < -0.4 is 4.90 Å². The Hall–Kier alpha value is -2.37. The lowest BCUT2D eigenvalue weighted by atomic mass is 10.0. The molecule has 2 aromatic rings. The molecule has 0 saturated carbocycles. The van der Waals surface area contributed by atoms with Crippen LogP contribution in [0.15, 0.2) is 28.8 Å². The number of para-hydroxylation sites is 1. The standard InChI is InChI=1S/C15H17N3O3/c1-9(2)14-16-13(17-21-14)8-18-7-11(15(19)20)10-5-3-4-6-12(10)18/h3-6,9,11H,7-8H2,1-2H3,(H,19,20). The lowest BCUT2D eigenvalue weighted by molar-refractivity contribution is -0.138. The molecule has 0 aliphatic carbocycles. The van der Waals surface area contributed by atoms with Crippen LogP contribution in [0.4, 0.5) is 5.69 Å². The van der Waals surface area contributed by atoms with E-state index in [0.717, 1.165) is 11.3 Å². The average Bonchev–Trinajstić information content (AvgIpc) is 3.05. The molecule has 1 atom stereocenters. The number of carbonyl (C=O) groups is 1. The number of aromatic nitrogens is 2. The summed E-state index contributed by atoms with van der Waals surface area (Å²) in [5.41, 5.74) is 1.78. The van der Waals surface area contributed by atoms with E-state index in [-0.39, 0.29) is 5.92 Å². The number of carboxylic acid groups (broad SMARTS) is 1. The van der Waals surface area contributed by atoms with Crippen molar-refractivity contribution in [2.45, 2.75) is 32.2 Å². The van der Waals surface area contributed by atoms with Crippen molar-refractivity contribution in [2.24, 2.45) is 0 Å². The molecule has 0 radical (unpaired) electrons. The number of benzene rings is 1. The maximum Gasteiger partial charge on any atom is 0.312 e. The molecule has 1 aromatic carbocycles. The maximum atomic E-state index is 11.4. The van der Waals surface area contributed by atoms with Gasteiger partial charge in [-0.25, -0.2) is 0 Å². The molecule has 0 amide bonds. The fraction of sp³-hybridized carbons (Fsp3) is 0.400. The van der Waals surface area contributed by atoms with Crippen molar-refractivity contribution in [3.05, 3.63) is 41.5 Å². The first-order valence-electron chi connectivity index (χ1n) is 6.95. The Labute approximate surface area is 122 Å². The Bertz CT molecular complexity index is 666. The monoisotopic (exact) mass is 287 g/mol. The van der Waals surface area contributed by atoms with E-state index < -0.39 is 11.9 Å². The summed E-state index contributed by atoms with van der Waals surface area (Å²) in [5.74, 6) is 0.0642. The molecule has 0 fully saturated rings. The van der Waals surface area contributed by atoms with E-state index in [9.17, 15) is 9.90 Å². The number of hydrogen-bond donors (Lipinski definition) is 1. The molecule has 0 saturated heterocycles. The normalized spacial score (nSPS) is 17.3. The molecule has 0 spiro atoms. The van der Waals surface area contributed by atoms with Gasteiger partial charge in [-0.3, -0.25) is 4.79 Å². The van der Waals surface area contributed by atoms with Gasteiger partial charge in [-0.1, -0.05) is 37.2 Å². The molecule has 3 rings (SSSR count). The molecule has 1 aliphatic heterocycles. The summed E-state index contributed by atoms with van der Waals surface area (Å²) in [6, 6.07) is 7.57. The predicted octanol–water partition coefficient (Wildman–Crippen LogP) is 2.38. The molecule has 110 valence electrons. The highest BCUT2D eigenvalue weighted by Gasteiger charge is 2.33. The second kappa shape index (κ2) is 5.20. The minimum Gasteiger partial charge on any atom is -0.481 e. The van der Waals surface area contributed by atoms with Gasteiger partial charge in [0.1, 0.15) is 5.92 Å². The highest BCUT2D eigenvalue weighted by Crippen LogP contribution is 2.36. The number of fused-ring (bicyclic) bond motifs is 1. The fourth-order valence-electron chi connectivity index (χ4n) is 2.59. The van der Waals surface area contributed by atoms with Gasteiger partial charge in [0.25, 0.3) is 0 Å². The van der Waals surface area contributed by atoms with E-state index in [0.29, 0.717) is 24.8 Å². The van der Waals surface area contributed by atoms with Crippen LogP contribution in [-0.4, -0.2) is 27.8 Å². The van der Waals surface area contributed by atoms with Gasteiger partial charge in [-0.05, 0) is 11.6 Å². The third-order valence-electron chi connectivity index (χ3n) is 3.66. The van der Waals surface area contributed by atoms with E-state index in [4.69, 9.17) is 4.52 Å². The molecule has 2 heterocycles. The average molecular weight is 287 g/mol. The third-order valence-corrected chi connectivity index (χ3v) is 3.66. The molecular weight excluding hydrogens is 270 g/mol. The highest BCUT2D eigenvalue weighted by atomic mass is 16.5. The topological polar surface area (TPSA) is 79.5 Å². The zero-order valence-electron chi connectivity index (χ0n) is 12.0. The van der Waals surface area contributed by atoms with Crippen LogP contribution >= 0.6 is 0 Å². The van der Waals surface area contributed by atoms with Crippen molar-refractivity contribution in [1.82, 2.24) is 10.1 Å². The van der Waals surface area contributed by atoms with Crippen molar-refractivity contribution in [2.75, 3.05) is 11.4 Å². The zero-order valence-corrected chi connectivity index (χ0v) is 12.0. The van der Waals surface area contributed by atoms with Gasteiger partial charge in [-0.15, -0.1) is 0 Å². The number of nitrogens with zero attached hydrogens (tertiary/aromatic N) is 3. The maximum absolute atomic E-state index is 11.4. The molecule has 6 heteroatoms. The van der Waals surface area contributed by atoms with Crippen molar-refractivity contribution in [3.63, 3.8) is 0 Å². The Kier molecular flexibility index (Phi) is 3.37. The van der Waals surface area contributed by atoms with Gasteiger partial charge in [0, 0.05) is 18.2 Å². The number of carboxylic acids is 1. The summed E-state index contributed by atoms with van der Waals surface area (Å²) in [6.45, 7) is 4.86. The van der Waals surface area contributed by atoms with Crippen molar-refractivity contribution in [3.8, 4) is 0 Å². The van der Waals surface area contributed by atoms with E-state index in [1.807, 2.05) is 43.0 Å². The Balaban J connectivity index is 1.85. The Morgan fingerprint density at radius 1 is 1.48 bits per heavy atom. The van der Waals surface area contributed by atoms with Crippen LogP contribution in [0, 0.1) is 0 Å². The van der Waals surface area contributed by atoms with Crippen LogP contribution in [0.25, 0.3) is 0 Å². The van der Waals surface area contributed by atoms with Gasteiger partial charge < -0.3 is 14.5 Å². The zero-order chi connectivity index (χ0) is 15.0. The largest absolute Gasteiger partial charge is 0.481 e. The number of rotatable bonds is 4. The first-order valence-corrected chi connectivity index (χ1v) is 6.95. The molecule has 1 aromatic heterocycles. The first-order chi connectivity index (χ1) is 10.1. The summed E-state index contributed by atoms with van der Waals surface area (Å²) in [5, 5.41) is 13.3. The SMILES string of the molecule is CC(C)c1nc(CN2CC(C(=O)O)c3ccccc32)no1. The predicted molar refractivity (Wildman–Crippen MR) is 76.3 cm³/mol. The van der Waals surface area contributed by atoms with E-state index >= 15 is 0 Å². The smallest absolute Gasteiger partial charge is 0.312 e. The Morgan fingerprint density at radius 3 is 2.90 bits per heavy atom. The van der Waals surface area contributed by atoms with Gasteiger partial charge >= 0.3 is 5.97 Å². The lowest BCUT2D eigenvalue weighted by Crippen LogP contribution is -2.24.